The number of benzene rings is 3. The molecule has 4 nitrogen and oxygen atoms in total. The van der Waals surface area contributed by atoms with Gasteiger partial charge in [-0.1, -0.05) is 23.2 Å². The van der Waals surface area contributed by atoms with Crippen molar-refractivity contribution < 1.29 is 0 Å². The first-order chi connectivity index (χ1) is 12.5. The topological polar surface area (TPSA) is 65.7 Å². The Bertz CT molecular complexity index is 1380. The van der Waals surface area contributed by atoms with Gasteiger partial charge in [0.25, 0.3) is 11.1 Å². The van der Waals surface area contributed by atoms with Crippen LogP contribution in [-0.2, 0) is 0 Å². The van der Waals surface area contributed by atoms with Crippen molar-refractivity contribution in [3.05, 3.63) is 79.3 Å². The maximum absolute atomic E-state index is 12.6. The Balaban J connectivity index is 2.09. The van der Waals surface area contributed by atoms with Gasteiger partial charge < -0.3 is 9.97 Å². The number of aromatic nitrogens is 2. The van der Waals surface area contributed by atoms with Crippen molar-refractivity contribution in [2.75, 3.05) is 0 Å². The van der Waals surface area contributed by atoms with Crippen LogP contribution in [0.4, 0.5) is 0 Å². The molecule has 5 rings (SSSR count). The van der Waals surface area contributed by atoms with E-state index in [1.165, 1.54) is 0 Å². The lowest BCUT2D eigenvalue weighted by atomic mass is 9.99. The van der Waals surface area contributed by atoms with E-state index < -0.39 is 0 Å². The summed E-state index contributed by atoms with van der Waals surface area (Å²) in [5.74, 6) is 0. The zero-order chi connectivity index (χ0) is 18.0. The Hall–Kier alpha value is -2.82. The zero-order valence-corrected chi connectivity index (χ0v) is 14.7. The highest BCUT2D eigenvalue weighted by Gasteiger charge is 2.12. The number of aromatic amines is 2. The lowest BCUT2D eigenvalue weighted by Crippen LogP contribution is -2.10. The fourth-order valence-electron chi connectivity index (χ4n) is 3.50. The Labute approximate surface area is 156 Å². The van der Waals surface area contributed by atoms with Crippen LogP contribution >= 0.6 is 23.2 Å². The summed E-state index contributed by atoms with van der Waals surface area (Å²) in [5.41, 5.74) is 0.914. The quantitative estimate of drug-likeness (QED) is 0.293. The largest absolute Gasteiger partial charge is 0.321 e. The third kappa shape index (κ3) is 2.16. The highest BCUT2D eigenvalue weighted by molar-refractivity contribution is 6.32. The molecule has 0 amide bonds. The second-order valence-electron chi connectivity index (χ2n) is 6.23. The molecule has 0 spiro atoms. The summed E-state index contributed by atoms with van der Waals surface area (Å²) in [6.07, 6.45) is 0. The summed E-state index contributed by atoms with van der Waals surface area (Å²) in [4.78, 5) is 31.0. The number of fused-ring (bicyclic) bond motifs is 6. The molecule has 0 bridgehead atoms. The van der Waals surface area contributed by atoms with Crippen molar-refractivity contribution in [1.29, 1.82) is 0 Å². The first kappa shape index (κ1) is 15.4. The summed E-state index contributed by atoms with van der Waals surface area (Å²) in [6.45, 7) is 0. The van der Waals surface area contributed by atoms with Crippen LogP contribution < -0.4 is 11.1 Å². The zero-order valence-electron chi connectivity index (χ0n) is 13.2. The Morgan fingerprint density at radius 3 is 1.38 bits per heavy atom. The van der Waals surface area contributed by atoms with Crippen molar-refractivity contribution in [3.63, 3.8) is 0 Å². The Kier molecular flexibility index (Phi) is 3.17. The standard InChI is InChI=1S/C20H10Cl2N2O2/c21-9-1-3-17-13(5-9)11-7-16-12(8-15(11)19(25)23-17)14-6-10(22)2-4-18(14)24-20(16)26/h1-8H,(H,23,25)(H,24,26). The van der Waals surface area contributed by atoms with Crippen LogP contribution in [0, 0.1) is 0 Å². The highest BCUT2D eigenvalue weighted by atomic mass is 35.5. The molecule has 6 heteroatoms. The molecule has 0 aliphatic rings. The average Bonchev–Trinajstić information content (AvgIpc) is 2.62. The fraction of sp³-hybridized carbons (Fsp3) is 0. The van der Waals surface area contributed by atoms with Crippen LogP contribution in [0.3, 0.4) is 0 Å². The first-order valence-corrected chi connectivity index (χ1v) is 8.67. The predicted molar refractivity (Wildman–Crippen MR) is 108 cm³/mol. The molecule has 0 aliphatic heterocycles. The molecule has 2 aromatic heterocycles. The van der Waals surface area contributed by atoms with E-state index in [-0.39, 0.29) is 11.1 Å². The third-order valence-corrected chi connectivity index (χ3v) is 5.16. The molecular weight excluding hydrogens is 371 g/mol. The van der Waals surface area contributed by atoms with Gasteiger partial charge in [0.05, 0.1) is 0 Å². The minimum absolute atomic E-state index is 0.216. The van der Waals surface area contributed by atoms with Gasteiger partial charge in [-0.3, -0.25) is 9.59 Å². The Morgan fingerprint density at radius 1 is 0.538 bits per heavy atom. The van der Waals surface area contributed by atoms with Crippen molar-refractivity contribution in [2.45, 2.75) is 0 Å². The van der Waals surface area contributed by atoms with Gasteiger partial charge in [0, 0.05) is 42.6 Å². The number of H-pyrrole nitrogens is 2. The molecule has 3 aromatic carbocycles. The van der Waals surface area contributed by atoms with Gasteiger partial charge in [0.15, 0.2) is 0 Å². The molecule has 0 fully saturated rings. The highest BCUT2D eigenvalue weighted by Crippen LogP contribution is 2.30. The minimum Gasteiger partial charge on any atom is -0.321 e. The van der Waals surface area contributed by atoms with E-state index in [4.69, 9.17) is 23.2 Å². The number of hydrogen-bond donors (Lipinski definition) is 2. The number of nitrogens with one attached hydrogen (secondary N) is 2. The molecule has 0 saturated heterocycles. The van der Waals surface area contributed by atoms with Gasteiger partial charge >= 0.3 is 0 Å². The van der Waals surface area contributed by atoms with Crippen LogP contribution in [0.25, 0.3) is 43.4 Å². The van der Waals surface area contributed by atoms with Gasteiger partial charge in [-0.05, 0) is 59.3 Å². The van der Waals surface area contributed by atoms with E-state index in [0.717, 1.165) is 10.8 Å². The van der Waals surface area contributed by atoms with Crippen LogP contribution in [0.5, 0.6) is 0 Å². The molecule has 0 atom stereocenters. The van der Waals surface area contributed by atoms with Crippen molar-refractivity contribution >= 4 is 66.6 Å². The van der Waals surface area contributed by atoms with E-state index in [2.05, 4.69) is 9.97 Å². The third-order valence-electron chi connectivity index (χ3n) is 4.69. The molecule has 26 heavy (non-hydrogen) atoms. The second kappa shape index (κ2) is 5.34. The van der Waals surface area contributed by atoms with Crippen LogP contribution in [0.15, 0.2) is 58.1 Å². The molecule has 0 unspecified atom stereocenters. The summed E-state index contributed by atoms with van der Waals surface area (Å²) >= 11 is 12.3. The molecule has 0 aliphatic carbocycles. The smallest absolute Gasteiger partial charge is 0.256 e. The van der Waals surface area contributed by atoms with Gasteiger partial charge in [-0.15, -0.1) is 0 Å². The minimum atomic E-state index is -0.216. The molecule has 0 saturated carbocycles. The van der Waals surface area contributed by atoms with Crippen molar-refractivity contribution in [3.8, 4) is 0 Å². The normalized spacial score (nSPS) is 11.8. The summed E-state index contributed by atoms with van der Waals surface area (Å²) in [7, 11) is 0. The van der Waals surface area contributed by atoms with E-state index in [1.807, 2.05) is 0 Å². The summed E-state index contributed by atoms with van der Waals surface area (Å²) in [6, 6.07) is 14.0. The van der Waals surface area contributed by atoms with Crippen LogP contribution in [0.1, 0.15) is 0 Å². The van der Waals surface area contributed by atoms with E-state index in [1.54, 1.807) is 48.5 Å². The predicted octanol–water partition coefficient (Wildman–Crippen LogP) is 4.98. The monoisotopic (exact) mass is 380 g/mol. The maximum atomic E-state index is 12.6. The fourth-order valence-corrected chi connectivity index (χ4v) is 3.84. The number of hydrogen-bond acceptors (Lipinski definition) is 2. The molecule has 2 N–H and O–H groups in total. The summed E-state index contributed by atoms with van der Waals surface area (Å²) < 4.78 is 0. The molecule has 5 aromatic rings. The number of pyridine rings is 2. The van der Waals surface area contributed by atoms with Gasteiger partial charge in [0.2, 0.25) is 0 Å². The van der Waals surface area contributed by atoms with E-state index in [0.29, 0.717) is 42.6 Å². The van der Waals surface area contributed by atoms with Crippen molar-refractivity contribution in [2.24, 2.45) is 0 Å². The van der Waals surface area contributed by atoms with Gasteiger partial charge in [-0.2, -0.15) is 0 Å². The first-order valence-electron chi connectivity index (χ1n) is 7.92. The lowest BCUT2D eigenvalue weighted by Gasteiger charge is -2.08. The molecule has 0 radical (unpaired) electrons. The Morgan fingerprint density at radius 2 is 0.962 bits per heavy atom. The maximum Gasteiger partial charge on any atom is 0.256 e. The number of rotatable bonds is 0. The number of halogens is 2. The van der Waals surface area contributed by atoms with E-state index >= 15 is 0 Å². The molecular formula is C20H10Cl2N2O2. The second-order valence-corrected chi connectivity index (χ2v) is 7.10. The van der Waals surface area contributed by atoms with Gasteiger partial charge in [0.1, 0.15) is 0 Å². The van der Waals surface area contributed by atoms with Gasteiger partial charge in [-0.25, -0.2) is 0 Å². The SMILES string of the molecule is O=c1[nH]c2ccc(Cl)cc2c2cc3c(=O)[nH]c4ccc(Cl)cc4c3cc12. The average molecular weight is 381 g/mol. The molecule has 2 heterocycles. The van der Waals surface area contributed by atoms with Crippen molar-refractivity contribution in [1.82, 2.24) is 9.97 Å². The lowest BCUT2D eigenvalue weighted by molar-refractivity contribution is 1.34. The molecule has 126 valence electrons. The summed E-state index contributed by atoms with van der Waals surface area (Å²) in [5, 5.41) is 5.07. The van der Waals surface area contributed by atoms with Crippen LogP contribution in [-0.4, -0.2) is 9.97 Å². The van der Waals surface area contributed by atoms with E-state index in [9.17, 15) is 9.59 Å². The van der Waals surface area contributed by atoms with Crippen LogP contribution in [0.2, 0.25) is 10.0 Å².